The molecule has 0 spiro atoms. The van der Waals surface area contributed by atoms with Crippen LogP contribution in [0.2, 0.25) is 0 Å². The van der Waals surface area contributed by atoms with Crippen molar-refractivity contribution in [3.05, 3.63) is 54.5 Å². The summed E-state index contributed by atoms with van der Waals surface area (Å²) in [7, 11) is 3.17. The quantitative estimate of drug-likeness (QED) is 0.400. The lowest BCUT2D eigenvalue weighted by molar-refractivity contribution is 0.121. The van der Waals surface area contributed by atoms with Crippen LogP contribution in [0.4, 0.5) is 15.9 Å². The zero-order valence-electron chi connectivity index (χ0n) is 20.3. The molecule has 36 heavy (non-hydrogen) atoms. The van der Waals surface area contributed by atoms with Crippen LogP contribution in [0.5, 0.6) is 5.75 Å². The van der Waals surface area contributed by atoms with E-state index < -0.39 is 11.4 Å². The molecule has 1 fully saturated rings. The molecular weight excluding hydrogens is 463 g/mol. The van der Waals surface area contributed by atoms with Crippen LogP contribution in [0.15, 0.2) is 43.1 Å². The number of benzene rings is 1. The van der Waals surface area contributed by atoms with Gasteiger partial charge in [-0.2, -0.15) is 0 Å². The minimum absolute atomic E-state index is 0.318. The summed E-state index contributed by atoms with van der Waals surface area (Å²) >= 11 is 0. The first-order chi connectivity index (χ1) is 17.4. The molecule has 0 aliphatic carbocycles. The number of aromatic nitrogens is 5. The van der Waals surface area contributed by atoms with Crippen molar-refractivity contribution in [2.45, 2.75) is 24.9 Å². The fraction of sp³-hybridized carbons (Fsp3) is 0.360. The van der Waals surface area contributed by atoms with Crippen molar-refractivity contribution in [2.75, 3.05) is 44.5 Å². The zero-order valence-corrected chi connectivity index (χ0v) is 20.3. The highest BCUT2D eigenvalue weighted by Crippen LogP contribution is 2.32. The van der Waals surface area contributed by atoms with Gasteiger partial charge in [-0.25, -0.2) is 19.3 Å². The smallest absolute Gasteiger partial charge is 0.165 e. The first-order valence-corrected chi connectivity index (χ1v) is 11.7. The van der Waals surface area contributed by atoms with Crippen LogP contribution in [0.1, 0.15) is 18.4 Å². The van der Waals surface area contributed by atoms with Gasteiger partial charge in [-0.15, -0.1) is 0 Å². The molecule has 10 nitrogen and oxygen atoms in total. The molecule has 1 aliphatic rings. The first kappa shape index (κ1) is 23.9. The van der Waals surface area contributed by atoms with Gasteiger partial charge >= 0.3 is 0 Å². The largest absolute Gasteiger partial charge is 0.497 e. The Morgan fingerprint density at radius 3 is 2.78 bits per heavy atom. The Morgan fingerprint density at radius 1 is 1.14 bits per heavy atom. The summed E-state index contributed by atoms with van der Waals surface area (Å²) in [6, 6.07) is 6.64. The van der Waals surface area contributed by atoms with Crippen LogP contribution in [0.25, 0.3) is 22.4 Å². The van der Waals surface area contributed by atoms with Crippen molar-refractivity contribution in [3.63, 3.8) is 0 Å². The number of fused-ring (bicyclic) bond motifs is 1. The maximum atomic E-state index is 14.9. The highest BCUT2D eigenvalue weighted by atomic mass is 19.1. The van der Waals surface area contributed by atoms with Crippen LogP contribution >= 0.6 is 0 Å². The number of nitrogens with zero attached hydrogens (tertiary/aromatic N) is 6. The number of halogens is 1. The molecule has 1 atom stereocenters. The standard InChI is InChI=1S/C25H29FN8O2/c1-35-13-25(28)6-3-7-33(12-25)21-10-29-20(18-5-4-17(36-2)9-19(18)26)8-16(21)11-34-15-32-22-23(27)30-14-31-24(22)34/h4-5,8-10,14-15H,3,6-7,11-13,28H2,1-2H3,(H2,27,30,31)/t25-/m1/s1. The van der Waals surface area contributed by atoms with E-state index in [-0.39, 0.29) is 0 Å². The molecule has 1 aromatic carbocycles. The molecule has 4 aromatic rings. The fourth-order valence-electron chi connectivity index (χ4n) is 4.85. The van der Waals surface area contributed by atoms with Crippen molar-refractivity contribution in [3.8, 4) is 17.0 Å². The third-order valence-corrected chi connectivity index (χ3v) is 6.57. The lowest BCUT2D eigenvalue weighted by Crippen LogP contribution is -2.57. The third-order valence-electron chi connectivity index (χ3n) is 6.57. The molecule has 4 heterocycles. The number of anilines is 2. The van der Waals surface area contributed by atoms with E-state index in [0.717, 1.165) is 30.6 Å². The minimum atomic E-state index is -0.464. The second kappa shape index (κ2) is 9.67. The topological polar surface area (TPSA) is 130 Å². The molecule has 4 N–H and O–H groups in total. The van der Waals surface area contributed by atoms with Gasteiger partial charge in [-0.1, -0.05) is 0 Å². The van der Waals surface area contributed by atoms with E-state index in [2.05, 4.69) is 24.8 Å². The van der Waals surface area contributed by atoms with E-state index in [9.17, 15) is 4.39 Å². The number of ether oxygens (including phenoxy) is 2. The van der Waals surface area contributed by atoms with E-state index in [1.165, 1.54) is 19.5 Å². The van der Waals surface area contributed by atoms with Gasteiger partial charge in [-0.3, -0.25) is 4.98 Å². The number of imidazole rings is 1. The molecule has 1 saturated heterocycles. The lowest BCUT2D eigenvalue weighted by atomic mass is 9.90. The molecule has 0 saturated carbocycles. The highest BCUT2D eigenvalue weighted by molar-refractivity contribution is 5.81. The summed E-state index contributed by atoms with van der Waals surface area (Å²) in [5.41, 5.74) is 16.1. The Kier molecular flexibility index (Phi) is 6.42. The normalized spacial score (nSPS) is 18.1. The summed E-state index contributed by atoms with van der Waals surface area (Å²) in [5.74, 6) is 0.354. The molecule has 1 aliphatic heterocycles. The summed E-state index contributed by atoms with van der Waals surface area (Å²) < 4.78 is 27.4. The van der Waals surface area contributed by atoms with Crippen LogP contribution in [0, 0.1) is 5.82 Å². The number of pyridine rings is 1. The average molecular weight is 493 g/mol. The number of piperidine rings is 1. The van der Waals surface area contributed by atoms with Crippen molar-refractivity contribution in [1.29, 1.82) is 0 Å². The van der Waals surface area contributed by atoms with Crippen LogP contribution in [0.3, 0.4) is 0 Å². The Labute approximate surface area is 208 Å². The number of hydrogen-bond acceptors (Lipinski definition) is 9. The van der Waals surface area contributed by atoms with Crippen molar-refractivity contribution < 1.29 is 13.9 Å². The fourth-order valence-corrected chi connectivity index (χ4v) is 4.85. The monoisotopic (exact) mass is 492 g/mol. The Hall–Kier alpha value is -3.83. The summed E-state index contributed by atoms with van der Waals surface area (Å²) in [6.45, 7) is 2.33. The van der Waals surface area contributed by atoms with Gasteiger partial charge in [0.1, 0.15) is 23.4 Å². The lowest BCUT2D eigenvalue weighted by Gasteiger charge is -2.41. The Bertz CT molecular complexity index is 1390. The molecule has 188 valence electrons. The van der Waals surface area contributed by atoms with Crippen molar-refractivity contribution in [2.24, 2.45) is 5.73 Å². The first-order valence-electron chi connectivity index (χ1n) is 11.7. The molecular formula is C25H29FN8O2. The zero-order chi connectivity index (χ0) is 25.3. The highest BCUT2D eigenvalue weighted by Gasteiger charge is 2.33. The van der Waals surface area contributed by atoms with E-state index in [4.69, 9.17) is 20.9 Å². The molecule has 5 rings (SSSR count). The molecule has 0 bridgehead atoms. The maximum Gasteiger partial charge on any atom is 0.165 e. The Balaban J connectivity index is 1.58. The number of hydrogen-bond donors (Lipinski definition) is 2. The van der Waals surface area contributed by atoms with Gasteiger partial charge in [0.25, 0.3) is 0 Å². The molecule has 11 heteroatoms. The van der Waals surface area contributed by atoms with Crippen LogP contribution < -0.4 is 21.1 Å². The van der Waals surface area contributed by atoms with Gasteiger partial charge in [0.15, 0.2) is 11.5 Å². The molecule has 3 aromatic heterocycles. The van der Waals surface area contributed by atoms with E-state index in [1.54, 1.807) is 31.8 Å². The van der Waals surface area contributed by atoms with Gasteiger partial charge in [0.2, 0.25) is 0 Å². The van der Waals surface area contributed by atoms with Crippen LogP contribution in [-0.2, 0) is 11.3 Å². The minimum Gasteiger partial charge on any atom is -0.497 e. The van der Waals surface area contributed by atoms with Gasteiger partial charge in [-0.05, 0) is 36.6 Å². The number of nitrogens with two attached hydrogens (primary N) is 2. The van der Waals surface area contributed by atoms with E-state index in [0.29, 0.717) is 53.7 Å². The SMILES string of the molecule is COC[C@@]1(N)CCCN(c2cnc(-c3ccc(OC)cc3F)cc2Cn2cnc3c(N)ncnc32)C1. The summed E-state index contributed by atoms with van der Waals surface area (Å²) in [6.07, 6.45) is 6.68. The van der Waals surface area contributed by atoms with Gasteiger partial charge in [0, 0.05) is 31.8 Å². The van der Waals surface area contributed by atoms with E-state index >= 15 is 0 Å². The summed E-state index contributed by atoms with van der Waals surface area (Å²) in [5, 5.41) is 0. The van der Waals surface area contributed by atoms with Gasteiger partial charge < -0.3 is 30.4 Å². The molecule has 0 unspecified atom stereocenters. The Morgan fingerprint density at radius 2 is 2.00 bits per heavy atom. The number of nitrogen functional groups attached to an aromatic ring is 1. The van der Waals surface area contributed by atoms with Crippen molar-refractivity contribution >= 4 is 22.7 Å². The predicted molar refractivity (Wildman–Crippen MR) is 135 cm³/mol. The molecule has 0 amide bonds. The van der Waals surface area contributed by atoms with Crippen molar-refractivity contribution in [1.82, 2.24) is 24.5 Å². The van der Waals surface area contributed by atoms with Gasteiger partial charge in [0.05, 0.1) is 49.7 Å². The second-order valence-corrected chi connectivity index (χ2v) is 9.17. The second-order valence-electron chi connectivity index (χ2n) is 9.17. The third kappa shape index (κ3) is 4.54. The van der Waals surface area contributed by atoms with E-state index in [1.807, 2.05) is 10.6 Å². The molecule has 0 radical (unpaired) electrons. The van der Waals surface area contributed by atoms with Crippen LogP contribution in [-0.4, -0.2) is 64.0 Å². The number of methoxy groups -OCH3 is 2. The average Bonchev–Trinajstić information content (AvgIpc) is 3.28. The maximum absolute atomic E-state index is 14.9. The predicted octanol–water partition coefficient (Wildman–Crippen LogP) is 2.61. The number of rotatable bonds is 7. The summed E-state index contributed by atoms with van der Waals surface area (Å²) in [4.78, 5) is 19.6.